The summed E-state index contributed by atoms with van der Waals surface area (Å²) < 4.78 is 5.51. The van der Waals surface area contributed by atoms with Crippen molar-refractivity contribution in [2.75, 3.05) is 19.8 Å². The normalized spacial score (nSPS) is 42.5. The molecule has 1 atom stereocenters. The van der Waals surface area contributed by atoms with Gasteiger partial charge in [0.05, 0.1) is 5.60 Å². The summed E-state index contributed by atoms with van der Waals surface area (Å²) in [6.07, 6.45) is 8.52. The smallest absolute Gasteiger partial charge is 0.0738 e. The number of ether oxygens (including phenoxy) is 1. The van der Waals surface area contributed by atoms with E-state index >= 15 is 0 Å². The Kier molecular flexibility index (Phi) is 4.68. The van der Waals surface area contributed by atoms with Crippen LogP contribution in [0, 0.1) is 11.3 Å². The Morgan fingerprint density at radius 3 is 2.50 bits per heavy atom. The van der Waals surface area contributed by atoms with Crippen LogP contribution in [0.5, 0.6) is 0 Å². The van der Waals surface area contributed by atoms with Crippen molar-refractivity contribution in [1.82, 2.24) is 0 Å². The highest BCUT2D eigenvalue weighted by atomic mass is 16.5. The first-order valence-electron chi connectivity index (χ1n) is 7.66. The highest BCUT2D eigenvalue weighted by molar-refractivity contribution is 5.02. The molecule has 1 saturated heterocycles. The quantitative estimate of drug-likeness (QED) is 0.814. The molecular weight excluding hydrogens is 226 g/mol. The maximum atomic E-state index is 11.1. The molecule has 0 amide bonds. The van der Waals surface area contributed by atoms with Crippen LogP contribution in [0.3, 0.4) is 0 Å². The second kappa shape index (κ2) is 5.89. The van der Waals surface area contributed by atoms with Gasteiger partial charge in [-0.1, -0.05) is 13.3 Å². The standard InChI is InChI=1S/C15H29NO2/c1-2-13-4-7-14(12-16,8-5-13)15(17)6-3-10-18-11-9-15/h13,17H,2-12,16H2,1H3. The second-order valence-electron chi connectivity index (χ2n) is 6.33. The molecule has 2 rings (SSSR count). The van der Waals surface area contributed by atoms with Crippen molar-refractivity contribution in [1.29, 1.82) is 0 Å². The van der Waals surface area contributed by atoms with Gasteiger partial charge in [-0.15, -0.1) is 0 Å². The Morgan fingerprint density at radius 1 is 1.17 bits per heavy atom. The monoisotopic (exact) mass is 255 g/mol. The molecule has 1 heterocycles. The van der Waals surface area contributed by atoms with E-state index in [1.165, 1.54) is 19.3 Å². The molecule has 0 bridgehead atoms. The maximum Gasteiger partial charge on any atom is 0.0738 e. The lowest BCUT2D eigenvalue weighted by Gasteiger charge is -2.50. The molecule has 3 heteroatoms. The van der Waals surface area contributed by atoms with Gasteiger partial charge in [0.1, 0.15) is 0 Å². The van der Waals surface area contributed by atoms with E-state index < -0.39 is 5.60 Å². The molecule has 1 saturated carbocycles. The minimum Gasteiger partial charge on any atom is -0.389 e. The van der Waals surface area contributed by atoms with Gasteiger partial charge in [0.25, 0.3) is 0 Å². The Hall–Kier alpha value is -0.120. The average Bonchev–Trinajstić information content (AvgIpc) is 2.65. The Labute approximate surface area is 111 Å². The molecule has 0 aromatic heterocycles. The van der Waals surface area contributed by atoms with E-state index in [4.69, 9.17) is 10.5 Å². The summed E-state index contributed by atoms with van der Waals surface area (Å²) in [6, 6.07) is 0. The van der Waals surface area contributed by atoms with E-state index in [1.807, 2.05) is 0 Å². The predicted molar refractivity (Wildman–Crippen MR) is 73.4 cm³/mol. The summed E-state index contributed by atoms with van der Waals surface area (Å²) in [5.74, 6) is 0.843. The molecule has 1 aliphatic heterocycles. The van der Waals surface area contributed by atoms with Crippen LogP contribution in [0.25, 0.3) is 0 Å². The first kappa shape index (κ1) is 14.3. The minimum atomic E-state index is -0.586. The minimum absolute atomic E-state index is 0.0492. The van der Waals surface area contributed by atoms with Crippen LogP contribution < -0.4 is 5.73 Å². The molecule has 3 N–H and O–H groups in total. The van der Waals surface area contributed by atoms with Crippen LogP contribution in [0.1, 0.15) is 58.3 Å². The van der Waals surface area contributed by atoms with Gasteiger partial charge in [-0.05, 0) is 44.4 Å². The Bertz CT molecular complexity index is 251. The molecule has 1 aliphatic carbocycles. The number of nitrogens with two attached hydrogens (primary N) is 1. The summed E-state index contributed by atoms with van der Waals surface area (Å²) in [7, 11) is 0. The summed E-state index contributed by atoms with van der Waals surface area (Å²) in [4.78, 5) is 0. The van der Waals surface area contributed by atoms with E-state index in [1.54, 1.807) is 0 Å². The molecule has 3 nitrogen and oxygen atoms in total. The first-order chi connectivity index (χ1) is 8.66. The van der Waals surface area contributed by atoms with Crippen LogP contribution in [0.4, 0.5) is 0 Å². The fourth-order valence-corrected chi connectivity index (χ4v) is 3.96. The number of aliphatic hydroxyl groups is 1. The first-order valence-corrected chi connectivity index (χ1v) is 7.66. The largest absolute Gasteiger partial charge is 0.389 e. The van der Waals surface area contributed by atoms with Gasteiger partial charge < -0.3 is 15.6 Å². The van der Waals surface area contributed by atoms with Crippen molar-refractivity contribution in [3.05, 3.63) is 0 Å². The molecule has 18 heavy (non-hydrogen) atoms. The Balaban J connectivity index is 2.10. The van der Waals surface area contributed by atoms with Crippen molar-refractivity contribution >= 4 is 0 Å². The SMILES string of the molecule is CCC1CCC(CN)(C2(O)CCCOCC2)CC1. The lowest BCUT2D eigenvalue weighted by Crippen LogP contribution is -2.54. The summed E-state index contributed by atoms with van der Waals surface area (Å²) >= 11 is 0. The zero-order valence-electron chi connectivity index (χ0n) is 11.8. The van der Waals surface area contributed by atoms with Crippen molar-refractivity contribution in [2.24, 2.45) is 17.1 Å². The number of rotatable bonds is 3. The fourth-order valence-electron chi connectivity index (χ4n) is 3.96. The molecule has 1 unspecified atom stereocenters. The number of hydrogen-bond acceptors (Lipinski definition) is 3. The molecule has 0 aromatic rings. The van der Waals surface area contributed by atoms with E-state index in [-0.39, 0.29) is 5.41 Å². The number of hydrogen-bond donors (Lipinski definition) is 2. The molecule has 0 aromatic carbocycles. The molecule has 2 aliphatic rings. The van der Waals surface area contributed by atoms with Crippen molar-refractivity contribution in [2.45, 2.75) is 63.9 Å². The third kappa shape index (κ3) is 2.59. The van der Waals surface area contributed by atoms with Crippen LogP contribution in [-0.2, 0) is 4.74 Å². The molecule has 106 valence electrons. The Morgan fingerprint density at radius 2 is 1.89 bits per heavy atom. The average molecular weight is 255 g/mol. The van der Waals surface area contributed by atoms with E-state index in [9.17, 15) is 5.11 Å². The van der Waals surface area contributed by atoms with Crippen LogP contribution in [0.15, 0.2) is 0 Å². The van der Waals surface area contributed by atoms with Gasteiger partial charge in [0, 0.05) is 31.6 Å². The summed E-state index contributed by atoms with van der Waals surface area (Å²) in [5.41, 5.74) is 5.46. The lowest BCUT2D eigenvalue weighted by atomic mass is 9.59. The molecule has 0 spiro atoms. The zero-order chi connectivity index (χ0) is 13.1. The van der Waals surface area contributed by atoms with Crippen LogP contribution in [-0.4, -0.2) is 30.5 Å². The van der Waals surface area contributed by atoms with E-state index in [0.29, 0.717) is 13.2 Å². The molecule has 0 radical (unpaired) electrons. The second-order valence-corrected chi connectivity index (χ2v) is 6.33. The van der Waals surface area contributed by atoms with E-state index in [0.717, 1.165) is 44.6 Å². The third-order valence-corrected chi connectivity index (χ3v) is 5.56. The molecular formula is C15H29NO2. The topological polar surface area (TPSA) is 55.5 Å². The zero-order valence-corrected chi connectivity index (χ0v) is 11.8. The van der Waals surface area contributed by atoms with Crippen molar-refractivity contribution in [3.63, 3.8) is 0 Å². The lowest BCUT2D eigenvalue weighted by molar-refractivity contribution is -0.116. The van der Waals surface area contributed by atoms with Gasteiger partial charge in [-0.2, -0.15) is 0 Å². The predicted octanol–water partition coefficient (Wildman–Crippen LogP) is 2.46. The summed E-state index contributed by atoms with van der Waals surface area (Å²) in [5, 5.41) is 11.1. The van der Waals surface area contributed by atoms with Crippen molar-refractivity contribution in [3.8, 4) is 0 Å². The maximum absolute atomic E-state index is 11.1. The van der Waals surface area contributed by atoms with Gasteiger partial charge >= 0.3 is 0 Å². The van der Waals surface area contributed by atoms with Gasteiger partial charge in [0.2, 0.25) is 0 Å². The third-order valence-electron chi connectivity index (χ3n) is 5.56. The van der Waals surface area contributed by atoms with Crippen LogP contribution >= 0.6 is 0 Å². The van der Waals surface area contributed by atoms with Gasteiger partial charge in [-0.3, -0.25) is 0 Å². The summed E-state index contributed by atoms with van der Waals surface area (Å²) in [6.45, 7) is 4.38. The highest BCUT2D eigenvalue weighted by Gasteiger charge is 2.50. The van der Waals surface area contributed by atoms with Crippen LogP contribution in [0.2, 0.25) is 0 Å². The van der Waals surface area contributed by atoms with Crippen molar-refractivity contribution < 1.29 is 9.84 Å². The molecule has 2 fully saturated rings. The highest BCUT2D eigenvalue weighted by Crippen LogP contribution is 2.50. The van der Waals surface area contributed by atoms with Gasteiger partial charge in [-0.25, -0.2) is 0 Å². The van der Waals surface area contributed by atoms with Gasteiger partial charge in [0.15, 0.2) is 0 Å². The van der Waals surface area contributed by atoms with E-state index in [2.05, 4.69) is 6.92 Å². The fraction of sp³-hybridized carbons (Fsp3) is 1.00.